The molecular weight excluding hydrogens is 487 g/mol. The number of anilines is 2. The number of carbonyl (C=O) groups is 1. The molecule has 0 radical (unpaired) electrons. The summed E-state index contributed by atoms with van der Waals surface area (Å²) >= 11 is 0. The summed E-state index contributed by atoms with van der Waals surface area (Å²) in [4.78, 5) is 27.5. The number of aryl methyl sites for hydroxylation is 2. The van der Waals surface area contributed by atoms with Gasteiger partial charge < -0.3 is 25.4 Å². The van der Waals surface area contributed by atoms with Gasteiger partial charge in [0.15, 0.2) is 0 Å². The van der Waals surface area contributed by atoms with Crippen LogP contribution in [-0.2, 0) is 17.6 Å². The van der Waals surface area contributed by atoms with Crippen molar-refractivity contribution in [2.45, 2.75) is 51.0 Å². The van der Waals surface area contributed by atoms with Crippen molar-refractivity contribution in [3.05, 3.63) is 47.9 Å². The molecule has 1 atom stereocenters. The Balaban J connectivity index is 1.31. The summed E-state index contributed by atoms with van der Waals surface area (Å²) in [6, 6.07) is 8.84. The maximum absolute atomic E-state index is 12.9. The molecule has 3 aromatic rings. The monoisotopic (exact) mass is 524 g/mol. The zero-order valence-electron chi connectivity index (χ0n) is 22.0. The van der Waals surface area contributed by atoms with Gasteiger partial charge in [-0.15, -0.1) is 0 Å². The molecule has 0 aliphatic carbocycles. The number of carboxylic acid groups (broad SMARTS) is 1. The van der Waals surface area contributed by atoms with E-state index in [1.54, 1.807) is 19.2 Å². The van der Waals surface area contributed by atoms with Crippen molar-refractivity contribution < 1.29 is 19.0 Å². The van der Waals surface area contributed by atoms with Gasteiger partial charge in [-0.2, -0.15) is 0 Å². The summed E-state index contributed by atoms with van der Waals surface area (Å²) in [6.45, 7) is 2.51. The van der Waals surface area contributed by atoms with E-state index in [9.17, 15) is 14.3 Å². The third-order valence-electron chi connectivity index (χ3n) is 6.90. The molecule has 4 rings (SSSR count). The van der Waals surface area contributed by atoms with E-state index in [0.29, 0.717) is 43.0 Å². The van der Waals surface area contributed by atoms with Crippen LogP contribution in [0.3, 0.4) is 0 Å². The number of unbranched alkanes of at least 4 members (excludes halogenated alkanes) is 1. The van der Waals surface area contributed by atoms with Crippen LogP contribution in [0.2, 0.25) is 0 Å². The Bertz CT molecular complexity index is 1210. The smallest absolute Gasteiger partial charge is 0.326 e. The molecule has 38 heavy (non-hydrogen) atoms. The number of hydrogen-bond donors (Lipinski definition) is 3. The molecule has 1 aliphatic heterocycles. The quantitative estimate of drug-likeness (QED) is 0.250. The number of ether oxygens (including phenoxy) is 1. The van der Waals surface area contributed by atoms with Gasteiger partial charge in [-0.25, -0.2) is 19.7 Å². The van der Waals surface area contributed by atoms with Crippen LogP contribution in [0.4, 0.5) is 16.0 Å². The number of aromatic nitrogens is 3. The normalized spacial score (nSPS) is 13.7. The molecule has 1 aliphatic rings. The number of hydrogen-bond acceptors (Lipinski definition) is 8. The van der Waals surface area contributed by atoms with E-state index < -0.39 is 12.0 Å². The topological polar surface area (TPSA) is 113 Å². The first-order valence-corrected chi connectivity index (χ1v) is 13.4. The molecule has 0 saturated heterocycles. The summed E-state index contributed by atoms with van der Waals surface area (Å²) in [5.74, 6) is 1.19. The van der Waals surface area contributed by atoms with Gasteiger partial charge in [0.1, 0.15) is 29.8 Å². The Morgan fingerprint density at radius 2 is 2.05 bits per heavy atom. The number of aliphatic carboxylic acids is 1. The lowest BCUT2D eigenvalue weighted by molar-refractivity contribution is -0.138. The minimum Gasteiger partial charge on any atom is -0.497 e. The molecule has 0 fully saturated rings. The molecule has 0 saturated carbocycles. The Morgan fingerprint density at radius 3 is 2.87 bits per heavy atom. The number of fused-ring (bicyclic) bond motifs is 2. The average Bonchev–Trinajstić information content (AvgIpc) is 2.94. The highest BCUT2D eigenvalue weighted by Crippen LogP contribution is 2.25. The predicted octanol–water partition coefficient (Wildman–Crippen LogP) is 4.33. The molecule has 3 N–H and O–H groups in total. The summed E-state index contributed by atoms with van der Waals surface area (Å²) in [5, 5.41) is 17.1. The number of methoxy groups -OCH3 is 1. The van der Waals surface area contributed by atoms with E-state index in [1.807, 2.05) is 6.07 Å². The number of benzene rings is 1. The molecule has 0 spiro atoms. The first kappa shape index (κ1) is 27.5. The number of alkyl halides is 1. The fraction of sp³-hybridized carbons (Fsp3) is 0.500. The first-order valence-electron chi connectivity index (χ1n) is 13.4. The van der Waals surface area contributed by atoms with Crippen LogP contribution in [0.15, 0.2) is 36.7 Å². The van der Waals surface area contributed by atoms with Crippen molar-refractivity contribution in [3.8, 4) is 5.75 Å². The maximum Gasteiger partial charge on any atom is 0.326 e. The van der Waals surface area contributed by atoms with Gasteiger partial charge in [-0.1, -0.05) is 6.07 Å². The number of carboxylic acids is 1. The lowest BCUT2D eigenvalue weighted by Gasteiger charge is -2.24. The fourth-order valence-electron chi connectivity index (χ4n) is 4.78. The zero-order chi connectivity index (χ0) is 26.7. The van der Waals surface area contributed by atoms with Gasteiger partial charge >= 0.3 is 5.97 Å². The lowest BCUT2D eigenvalue weighted by atomic mass is 10.1. The van der Waals surface area contributed by atoms with E-state index in [-0.39, 0.29) is 6.67 Å². The van der Waals surface area contributed by atoms with Gasteiger partial charge in [0.2, 0.25) is 0 Å². The highest BCUT2D eigenvalue weighted by Gasteiger charge is 2.20. The van der Waals surface area contributed by atoms with Gasteiger partial charge in [-0.05, 0) is 75.3 Å². The van der Waals surface area contributed by atoms with Crippen molar-refractivity contribution >= 4 is 28.5 Å². The Morgan fingerprint density at radius 1 is 1.18 bits per heavy atom. The molecule has 204 valence electrons. The molecule has 1 unspecified atom stereocenters. The fourth-order valence-corrected chi connectivity index (χ4v) is 4.78. The van der Waals surface area contributed by atoms with Crippen molar-refractivity contribution in [1.29, 1.82) is 0 Å². The average molecular weight is 525 g/mol. The second kappa shape index (κ2) is 13.9. The van der Waals surface area contributed by atoms with E-state index in [1.165, 1.54) is 11.9 Å². The van der Waals surface area contributed by atoms with E-state index >= 15 is 0 Å². The van der Waals surface area contributed by atoms with Crippen LogP contribution in [0.1, 0.15) is 43.4 Å². The SMILES string of the molecule is COc1ccc2c(NC(CCN(CCCF)CCCCc3ccc4c(n3)NCCC4)C(=O)O)ncnc2c1. The van der Waals surface area contributed by atoms with Crippen molar-refractivity contribution in [2.75, 3.05) is 50.6 Å². The minimum absolute atomic E-state index is 0.362. The third kappa shape index (κ3) is 7.50. The van der Waals surface area contributed by atoms with Crippen LogP contribution in [0, 0.1) is 0 Å². The predicted molar refractivity (Wildman–Crippen MR) is 147 cm³/mol. The van der Waals surface area contributed by atoms with Crippen molar-refractivity contribution in [1.82, 2.24) is 19.9 Å². The first-order chi connectivity index (χ1) is 18.6. The zero-order valence-corrected chi connectivity index (χ0v) is 22.0. The number of rotatable bonds is 15. The molecule has 10 heteroatoms. The van der Waals surface area contributed by atoms with Gasteiger partial charge in [0.05, 0.1) is 19.3 Å². The largest absolute Gasteiger partial charge is 0.497 e. The highest BCUT2D eigenvalue weighted by molar-refractivity contribution is 5.91. The molecule has 0 bridgehead atoms. The number of pyridine rings is 1. The number of halogens is 1. The molecule has 1 aromatic carbocycles. The van der Waals surface area contributed by atoms with Crippen LogP contribution >= 0.6 is 0 Å². The minimum atomic E-state index is -0.956. The van der Waals surface area contributed by atoms with E-state index in [4.69, 9.17) is 9.72 Å². The molecule has 9 nitrogen and oxygen atoms in total. The lowest BCUT2D eigenvalue weighted by Crippen LogP contribution is -2.36. The summed E-state index contributed by atoms with van der Waals surface area (Å²) < 4.78 is 18.2. The van der Waals surface area contributed by atoms with Crippen LogP contribution in [0.5, 0.6) is 5.75 Å². The van der Waals surface area contributed by atoms with Crippen LogP contribution in [0.25, 0.3) is 10.9 Å². The number of nitrogens with zero attached hydrogens (tertiary/aromatic N) is 4. The maximum atomic E-state index is 12.9. The Labute approximate surface area is 222 Å². The van der Waals surface area contributed by atoms with E-state index in [0.717, 1.165) is 62.1 Å². The van der Waals surface area contributed by atoms with Crippen LogP contribution < -0.4 is 15.4 Å². The van der Waals surface area contributed by atoms with Crippen molar-refractivity contribution in [3.63, 3.8) is 0 Å². The summed E-state index contributed by atoms with van der Waals surface area (Å²) in [6.07, 6.45) is 7.21. The molecule has 0 amide bonds. The van der Waals surface area contributed by atoms with Gasteiger partial charge in [0.25, 0.3) is 0 Å². The highest BCUT2D eigenvalue weighted by atomic mass is 19.1. The Kier molecular flexibility index (Phi) is 10.0. The molecule has 2 aromatic heterocycles. The van der Waals surface area contributed by atoms with E-state index in [2.05, 4.69) is 37.6 Å². The second-order valence-electron chi connectivity index (χ2n) is 9.61. The molecule has 3 heterocycles. The molecular formula is C28H37FN6O3. The standard InChI is InChI=1S/C28H37FN6O3/c1-38-22-10-11-23-25(18-22)31-19-32-27(23)34-24(28(36)37)12-17-35(16-5-13-29)15-3-2-7-21-9-8-20-6-4-14-30-26(20)33-21/h8-11,18-19,24H,2-7,12-17H2,1H3,(H,30,33)(H,36,37)(H,31,32,34). The summed E-state index contributed by atoms with van der Waals surface area (Å²) in [7, 11) is 1.58. The summed E-state index contributed by atoms with van der Waals surface area (Å²) in [5.41, 5.74) is 3.03. The Hall–Kier alpha value is -3.53. The second-order valence-corrected chi connectivity index (χ2v) is 9.61. The van der Waals surface area contributed by atoms with Gasteiger partial charge in [0, 0.05) is 36.8 Å². The van der Waals surface area contributed by atoms with Crippen molar-refractivity contribution in [2.24, 2.45) is 0 Å². The number of nitrogens with one attached hydrogen (secondary N) is 2. The van der Waals surface area contributed by atoms with Crippen LogP contribution in [-0.4, -0.2) is 76.9 Å². The third-order valence-corrected chi connectivity index (χ3v) is 6.90. The van der Waals surface area contributed by atoms with Gasteiger partial charge in [-0.3, -0.25) is 4.39 Å².